The summed E-state index contributed by atoms with van der Waals surface area (Å²) in [6.07, 6.45) is 4.41. The number of benzene rings is 1. The van der Waals surface area contributed by atoms with Crippen LogP contribution in [0.15, 0.2) is 41.0 Å². The lowest BCUT2D eigenvalue weighted by molar-refractivity contribution is 0.0881. The van der Waals surface area contributed by atoms with Gasteiger partial charge in [-0.3, -0.25) is 9.59 Å². The van der Waals surface area contributed by atoms with Crippen molar-refractivity contribution in [2.75, 3.05) is 0 Å². The van der Waals surface area contributed by atoms with E-state index in [0.29, 0.717) is 15.6 Å². The molecule has 1 aromatic heterocycles. The van der Waals surface area contributed by atoms with E-state index >= 15 is 0 Å². The summed E-state index contributed by atoms with van der Waals surface area (Å²) in [6, 6.07) is 10.2. The molecule has 0 spiro atoms. The van der Waals surface area contributed by atoms with E-state index in [1.807, 2.05) is 6.07 Å². The number of nitrogens with one attached hydrogen (secondary N) is 1. The lowest BCUT2D eigenvalue weighted by Crippen LogP contribution is -2.39. The topological polar surface area (TPSA) is 118 Å². The predicted octanol–water partition coefficient (Wildman–Crippen LogP) is 2.93. The molecule has 0 atom stereocenters. The van der Waals surface area contributed by atoms with E-state index in [-0.39, 0.29) is 29.5 Å². The van der Waals surface area contributed by atoms with E-state index in [0.717, 1.165) is 25.7 Å². The molecule has 0 unspecified atom stereocenters. The van der Waals surface area contributed by atoms with E-state index in [4.69, 9.17) is 15.7 Å². The second-order valence-corrected chi connectivity index (χ2v) is 7.54. The fourth-order valence-corrected chi connectivity index (χ4v) is 3.70. The van der Waals surface area contributed by atoms with Gasteiger partial charge >= 0.3 is 0 Å². The minimum absolute atomic E-state index is 0.0243. The summed E-state index contributed by atoms with van der Waals surface area (Å²) in [4.78, 5) is 28.1. The van der Waals surface area contributed by atoms with Crippen molar-refractivity contribution in [2.45, 2.75) is 37.8 Å². The Morgan fingerprint density at radius 3 is 2.68 bits per heavy atom. The maximum absolute atomic E-state index is 12.5. The molecule has 28 heavy (non-hydrogen) atoms. The third-order valence-corrected chi connectivity index (χ3v) is 5.07. The largest absolute Gasteiger partial charge is 0.474 e. The first-order valence-electron chi connectivity index (χ1n) is 8.89. The van der Waals surface area contributed by atoms with Crippen molar-refractivity contribution in [3.8, 4) is 11.9 Å². The number of pyridine rings is 1. The average Bonchev–Trinajstić information content (AvgIpc) is 2.69. The van der Waals surface area contributed by atoms with Gasteiger partial charge in [0.1, 0.15) is 11.7 Å². The molecule has 144 valence electrons. The monoisotopic (exact) mass is 442 g/mol. The van der Waals surface area contributed by atoms with Crippen LogP contribution in [0.4, 0.5) is 0 Å². The number of hydrogen-bond acceptors (Lipinski definition) is 5. The molecule has 2 aromatic rings. The molecule has 0 saturated heterocycles. The number of amides is 2. The van der Waals surface area contributed by atoms with Gasteiger partial charge in [0.2, 0.25) is 5.88 Å². The van der Waals surface area contributed by atoms with Crippen LogP contribution < -0.4 is 15.8 Å². The molecule has 1 aromatic carbocycles. The van der Waals surface area contributed by atoms with Crippen LogP contribution in [-0.4, -0.2) is 28.9 Å². The molecule has 0 radical (unpaired) electrons. The summed E-state index contributed by atoms with van der Waals surface area (Å²) in [7, 11) is 0. The zero-order chi connectivity index (χ0) is 20.1. The molecule has 1 fully saturated rings. The van der Waals surface area contributed by atoms with Crippen LogP contribution in [0.3, 0.4) is 0 Å². The smallest absolute Gasteiger partial charge is 0.254 e. The lowest BCUT2D eigenvalue weighted by Gasteiger charge is -2.29. The number of hydrogen-bond donors (Lipinski definition) is 2. The summed E-state index contributed by atoms with van der Waals surface area (Å²) in [6.45, 7) is 0. The first kappa shape index (κ1) is 19.8. The second kappa shape index (κ2) is 8.85. The highest BCUT2D eigenvalue weighted by Crippen LogP contribution is 2.25. The van der Waals surface area contributed by atoms with Crippen LogP contribution in [0.25, 0.3) is 0 Å². The van der Waals surface area contributed by atoms with Gasteiger partial charge in [-0.1, -0.05) is 15.9 Å². The fraction of sp³-hybridized carbons (Fsp3) is 0.300. The standard InChI is InChI=1S/C20H19BrN4O3/c21-14-9-12(11-22)8-13(10-14)19(27)25-15-3-5-16(6-4-15)28-20-17(18(23)26)2-1-7-24-20/h1-2,7-10,15-16H,3-6H2,(H2,23,26)(H,25,27)/t15-,16-. The summed E-state index contributed by atoms with van der Waals surface area (Å²) in [5.74, 6) is -0.529. The molecule has 0 aliphatic heterocycles. The molecule has 1 saturated carbocycles. The molecule has 0 bridgehead atoms. The van der Waals surface area contributed by atoms with Crippen LogP contribution in [0.5, 0.6) is 5.88 Å². The molecule has 8 heteroatoms. The van der Waals surface area contributed by atoms with Gasteiger partial charge in [-0.15, -0.1) is 0 Å². The minimum atomic E-state index is -0.574. The van der Waals surface area contributed by atoms with Crippen LogP contribution in [0.2, 0.25) is 0 Å². The Morgan fingerprint density at radius 1 is 1.25 bits per heavy atom. The zero-order valence-corrected chi connectivity index (χ0v) is 16.6. The maximum Gasteiger partial charge on any atom is 0.254 e. The van der Waals surface area contributed by atoms with Crippen molar-refractivity contribution in [1.82, 2.24) is 10.3 Å². The Bertz CT molecular complexity index is 933. The number of halogens is 1. The highest BCUT2D eigenvalue weighted by molar-refractivity contribution is 9.10. The molecule has 3 rings (SSSR count). The van der Waals surface area contributed by atoms with Gasteiger partial charge in [0.05, 0.1) is 11.6 Å². The van der Waals surface area contributed by atoms with Gasteiger partial charge < -0.3 is 15.8 Å². The van der Waals surface area contributed by atoms with Crippen LogP contribution in [-0.2, 0) is 0 Å². The Hall–Kier alpha value is -2.92. The average molecular weight is 443 g/mol. The van der Waals surface area contributed by atoms with Gasteiger partial charge in [-0.2, -0.15) is 5.26 Å². The van der Waals surface area contributed by atoms with E-state index < -0.39 is 5.91 Å². The number of nitrogens with two attached hydrogens (primary N) is 1. The molecule has 1 heterocycles. The lowest BCUT2D eigenvalue weighted by atomic mass is 9.92. The number of rotatable bonds is 5. The summed E-state index contributed by atoms with van der Waals surface area (Å²) >= 11 is 3.32. The summed E-state index contributed by atoms with van der Waals surface area (Å²) in [5, 5.41) is 12.1. The summed E-state index contributed by atoms with van der Waals surface area (Å²) < 4.78 is 6.55. The van der Waals surface area contributed by atoms with E-state index in [9.17, 15) is 9.59 Å². The molecule has 2 amide bonds. The van der Waals surface area contributed by atoms with Crippen molar-refractivity contribution in [3.63, 3.8) is 0 Å². The first-order valence-corrected chi connectivity index (χ1v) is 9.68. The van der Waals surface area contributed by atoms with Gasteiger partial charge in [0.25, 0.3) is 11.8 Å². The van der Waals surface area contributed by atoms with Crippen molar-refractivity contribution < 1.29 is 14.3 Å². The maximum atomic E-state index is 12.5. The number of primary amides is 1. The first-order chi connectivity index (χ1) is 13.5. The number of nitrogens with zero attached hydrogens (tertiary/aromatic N) is 2. The second-order valence-electron chi connectivity index (χ2n) is 6.63. The van der Waals surface area contributed by atoms with Crippen molar-refractivity contribution in [1.29, 1.82) is 5.26 Å². The Balaban J connectivity index is 1.56. The van der Waals surface area contributed by atoms with Crippen molar-refractivity contribution in [3.05, 3.63) is 57.7 Å². The van der Waals surface area contributed by atoms with Gasteiger partial charge in [0, 0.05) is 22.3 Å². The van der Waals surface area contributed by atoms with E-state index in [1.165, 1.54) is 0 Å². The molecule has 7 nitrogen and oxygen atoms in total. The number of aromatic nitrogens is 1. The van der Waals surface area contributed by atoms with Crippen LogP contribution >= 0.6 is 15.9 Å². The fourth-order valence-electron chi connectivity index (χ4n) is 3.21. The highest BCUT2D eigenvalue weighted by atomic mass is 79.9. The van der Waals surface area contributed by atoms with Crippen molar-refractivity contribution in [2.24, 2.45) is 5.73 Å². The quantitative estimate of drug-likeness (QED) is 0.737. The molecule has 1 aliphatic rings. The van der Waals surface area contributed by atoms with E-state index in [1.54, 1.807) is 36.5 Å². The zero-order valence-electron chi connectivity index (χ0n) is 15.0. The molecular weight excluding hydrogens is 424 g/mol. The SMILES string of the molecule is N#Cc1cc(Br)cc(C(=O)N[C@H]2CC[C@H](Oc3ncccc3C(N)=O)CC2)c1. The highest BCUT2D eigenvalue weighted by Gasteiger charge is 2.25. The number of carbonyl (C=O) groups is 2. The van der Waals surface area contributed by atoms with Crippen LogP contribution in [0, 0.1) is 11.3 Å². The van der Waals surface area contributed by atoms with E-state index in [2.05, 4.69) is 26.2 Å². The number of nitriles is 1. The third kappa shape index (κ3) is 4.87. The Morgan fingerprint density at radius 2 is 2.00 bits per heavy atom. The normalized spacial score (nSPS) is 18.7. The third-order valence-electron chi connectivity index (χ3n) is 4.61. The van der Waals surface area contributed by atoms with Gasteiger partial charge in [-0.05, 0) is 56.0 Å². The van der Waals surface area contributed by atoms with Crippen molar-refractivity contribution >= 4 is 27.7 Å². The van der Waals surface area contributed by atoms with Gasteiger partial charge in [0.15, 0.2) is 0 Å². The molecular formula is C20H19BrN4O3. The number of ether oxygens (including phenoxy) is 1. The predicted molar refractivity (Wildman–Crippen MR) is 106 cm³/mol. The Labute approximate surface area is 171 Å². The van der Waals surface area contributed by atoms with Crippen LogP contribution in [0.1, 0.15) is 52.0 Å². The Kier molecular flexibility index (Phi) is 6.26. The summed E-state index contributed by atoms with van der Waals surface area (Å²) in [5.41, 5.74) is 6.49. The molecule has 1 aliphatic carbocycles. The van der Waals surface area contributed by atoms with Gasteiger partial charge in [-0.25, -0.2) is 4.98 Å². The minimum Gasteiger partial charge on any atom is -0.474 e. The molecule has 3 N–H and O–H groups in total. The number of carbonyl (C=O) groups excluding carboxylic acids is 2.